The zero-order valence-corrected chi connectivity index (χ0v) is 14.1. The summed E-state index contributed by atoms with van der Waals surface area (Å²) in [5, 5.41) is 3.70. The number of carbonyl (C=O) groups excluding carboxylic acids is 1. The van der Waals surface area contributed by atoms with Crippen LogP contribution in [0.25, 0.3) is 0 Å². The van der Waals surface area contributed by atoms with Crippen LogP contribution in [0.2, 0.25) is 0 Å². The molecular weight excluding hydrogens is 341 g/mol. The highest BCUT2D eigenvalue weighted by Crippen LogP contribution is 2.30. The first-order chi connectivity index (χ1) is 11.2. The van der Waals surface area contributed by atoms with Crippen LogP contribution in [0.1, 0.15) is 38.3 Å². The lowest BCUT2D eigenvalue weighted by Crippen LogP contribution is -2.33. The minimum atomic E-state index is -4.42. The summed E-state index contributed by atoms with van der Waals surface area (Å²) in [5.41, 5.74) is -0.150. The van der Waals surface area contributed by atoms with Gasteiger partial charge in [0, 0.05) is 25.7 Å². The number of aryl methyl sites for hydroxylation is 3. The molecule has 3 rings (SSSR count). The van der Waals surface area contributed by atoms with Crippen LogP contribution < -0.4 is 5.32 Å². The number of imidazole rings is 1. The number of halogens is 3. The van der Waals surface area contributed by atoms with E-state index >= 15 is 0 Å². The number of carbonyl (C=O) groups is 1. The Morgan fingerprint density at radius 2 is 2.17 bits per heavy atom. The minimum absolute atomic E-state index is 0.0889. The van der Waals surface area contributed by atoms with Crippen LogP contribution in [0.3, 0.4) is 0 Å². The summed E-state index contributed by atoms with van der Waals surface area (Å²) < 4.78 is 39.7. The quantitative estimate of drug-likeness (QED) is 0.918. The average molecular weight is 358 g/mol. The van der Waals surface area contributed by atoms with E-state index in [9.17, 15) is 18.0 Å². The molecule has 3 heterocycles. The second kappa shape index (κ2) is 6.19. The van der Waals surface area contributed by atoms with Crippen molar-refractivity contribution < 1.29 is 18.0 Å². The summed E-state index contributed by atoms with van der Waals surface area (Å²) in [5.74, 6) is 0.371. The molecule has 0 aliphatic carbocycles. The maximum atomic E-state index is 12.7. The lowest BCUT2D eigenvalue weighted by Gasteiger charge is -2.23. The second-order valence-electron chi connectivity index (χ2n) is 5.95. The topological polar surface area (TPSA) is 59.8 Å². The van der Waals surface area contributed by atoms with Gasteiger partial charge in [0.2, 0.25) is 0 Å². The highest BCUT2D eigenvalue weighted by atomic mass is 32.1. The Kier molecular flexibility index (Phi) is 4.37. The first kappa shape index (κ1) is 16.9. The molecule has 9 heteroatoms. The Morgan fingerprint density at radius 1 is 1.42 bits per heavy atom. The van der Waals surface area contributed by atoms with Gasteiger partial charge in [-0.05, 0) is 26.2 Å². The van der Waals surface area contributed by atoms with E-state index in [0.717, 1.165) is 11.2 Å². The molecule has 0 aromatic carbocycles. The van der Waals surface area contributed by atoms with Gasteiger partial charge in [-0.2, -0.15) is 13.2 Å². The number of hydrogen-bond donors (Lipinski definition) is 1. The van der Waals surface area contributed by atoms with Gasteiger partial charge in [-0.1, -0.05) is 0 Å². The molecule has 1 amide bonds. The van der Waals surface area contributed by atoms with Gasteiger partial charge in [-0.15, -0.1) is 11.3 Å². The van der Waals surface area contributed by atoms with Gasteiger partial charge in [0.25, 0.3) is 5.91 Å². The summed E-state index contributed by atoms with van der Waals surface area (Å²) in [6.45, 7) is 4.48. The first-order valence-corrected chi connectivity index (χ1v) is 8.41. The lowest BCUT2D eigenvalue weighted by molar-refractivity contribution is -0.141. The van der Waals surface area contributed by atoms with Crippen molar-refractivity contribution in [1.82, 2.24) is 19.9 Å². The lowest BCUT2D eigenvalue weighted by atomic mass is 9.99. The number of alkyl halides is 3. The van der Waals surface area contributed by atoms with E-state index in [2.05, 4.69) is 15.3 Å². The molecule has 1 N–H and O–H groups in total. The maximum Gasteiger partial charge on any atom is 0.434 e. The van der Waals surface area contributed by atoms with Crippen LogP contribution >= 0.6 is 11.3 Å². The first-order valence-electron chi connectivity index (χ1n) is 7.59. The average Bonchev–Trinajstić information content (AvgIpc) is 3.06. The predicted molar refractivity (Wildman–Crippen MR) is 83.0 cm³/mol. The number of fused-ring (bicyclic) bond motifs is 1. The SMILES string of the molecule is Cc1nc(C)c(C(=O)NCC2CCc3nc(C(F)(F)F)cn3C2)s1. The molecule has 0 saturated heterocycles. The standard InChI is InChI=1S/C15H17F3N4OS/c1-8-13(24-9(2)20-8)14(23)19-5-10-3-4-12-21-11(15(16,17)18)7-22(12)6-10/h7,10H,3-6H2,1-2H3,(H,19,23). The molecule has 1 aliphatic heterocycles. The molecule has 0 fully saturated rings. The monoisotopic (exact) mass is 358 g/mol. The number of nitrogens with zero attached hydrogens (tertiary/aromatic N) is 3. The molecule has 5 nitrogen and oxygen atoms in total. The summed E-state index contributed by atoms with van der Waals surface area (Å²) >= 11 is 1.34. The number of aromatic nitrogens is 3. The van der Waals surface area contributed by atoms with Crippen molar-refractivity contribution in [3.63, 3.8) is 0 Å². The number of hydrogen-bond acceptors (Lipinski definition) is 4. The Hall–Kier alpha value is -1.90. The summed E-state index contributed by atoms with van der Waals surface area (Å²) in [7, 11) is 0. The third-order valence-electron chi connectivity index (χ3n) is 4.04. The number of rotatable bonds is 3. The third-order valence-corrected chi connectivity index (χ3v) is 5.11. The van der Waals surface area contributed by atoms with Crippen LogP contribution in [-0.2, 0) is 19.1 Å². The Bertz CT molecular complexity index is 765. The normalized spacial score (nSPS) is 17.6. The van der Waals surface area contributed by atoms with Crippen molar-refractivity contribution in [2.75, 3.05) is 6.54 Å². The molecule has 2 aromatic rings. The van der Waals surface area contributed by atoms with Gasteiger partial charge >= 0.3 is 6.18 Å². The van der Waals surface area contributed by atoms with E-state index < -0.39 is 11.9 Å². The van der Waals surface area contributed by atoms with Crippen LogP contribution in [0, 0.1) is 19.8 Å². The number of amides is 1. The minimum Gasteiger partial charge on any atom is -0.351 e. The van der Waals surface area contributed by atoms with Crippen molar-refractivity contribution in [3.05, 3.63) is 33.3 Å². The fourth-order valence-electron chi connectivity index (χ4n) is 2.88. The molecular formula is C15H17F3N4OS. The maximum absolute atomic E-state index is 12.7. The number of nitrogens with one attached hydrogen (secondary N) is 1. The smallest absolute Gasteiger partial charge is 0.351 e. The Balaban J connectivity index is 1.61. The van der Waals surface area contributed by atoms with Crippen molar-refractivity contribution in [2.45, 2.75) is 39.4 Å². The van der Waals surface area contributed by atoms with Crippen molar-refractivity contribution in [2.24, 2.45) is 5.92 Å². The third kappa shape index (κ3) is 3.45. The van der Waals surface area contributed by atoms with Gasteiger partial charge in [-0.3, -0.25) is 4.79 Å². The highest BCUT2D eigenvalue weighted by molar-refractivity contribution is 7.13. The molecule has 130 valence electrons. The summed E-state index contributed by atoms with van der Waals surface area (Å²) in [6.07, 6.45) is -2.18. The number of thiazole rings is 1. The van der Waals surface area contributed by atoms with Gasteiger partial charge in [-0.25, -0.2) is 9.97 Å². The predicted octanol–water partition coefficient (Wildman–Crippen LogP) is 2.97. The van der Waals surface area contributed by atoms with Crippen molar-refractivity contribution >= 4 is 17.2 Å². The van der Waals surface area contributed by atoms with Crippen LogP contribution in [0.5, 0.6) is 0 Å². The fourth-order valence-corrected chi connectivity index (χ4v) is 3.71. The molecule has 0 radical (unpaired) electrons. The van der Waals surface area contributed by atoms with E-state index in [-0.39, 0.29) is 11.8 Å². The molecule has 0 spiro atoms. The molecule has 24 heavy (non-hydrogen) atoms. The van der Waals surface area contributed by atoms with Crippen molar-refractivity contribution in [1.29, 1.82) is 0 Å². The van der Waals surface area contributed by atoms with E-state index in [1.807, 2.05) is 6.92 Å². The van der Waals surface area contributed by atoms with Crippen LogP contribution in [0.4, 0.5) is 13.2 Å². The largest absolute Gasteiger partial charge is 0.434 e. The molecule has 0 bridgehead atoms. The van der Waals surface area contributed by atoms with Gasteiger partial charge < -0.3 is 9.88 Å². The van der Waals surface area contributed by atoms with Gasteiger partial charge in [0.05, 0.1) is 10.7 Å². The summed E-state index contributed by atoms with van der Waals surface area (Å²) in [6, 6.07) is 0. The molecule has 1 unspecified atom stereocenters. The molecule has 0 saturated carbocycles. The van der Waals surface area contributed by atoms with E-state index in [4.69, 9.17) is 0 Å². The van der Waals surface area contributed by atoms with Crippen molar-refractivity contribution in [3.8, 4) is 0 Å². The Morgan fingerprint density at radius 3 is 2.79 bits per heavy atom. The van der Waals surface area contributed by atoms with E-state index in [1.165, 1.54) is 11.3 Å². The zero-order chi connectivity index (χ0) is 17.5. The fraction of sp³-hybridized carbons (Fsp3) is 0.533. The second-order valence-corrected chi connectivity index (χ2v) is 7.16. The highest BCUT2D eigenvalue weighted by Gasteiger charge is 2.35. The van der Waals surface area contributed by atoms with E-state index in [1.54, 1.807) is 11.5 Å². The zero-order valence-electron chi connectivity index (χ0n) is 13.3. The Labute approximate surface area is 140 Å². The van der Waals surface area contributed by atoms with Gasteiger partial charge in [0.1, 0.15) is 10.7 Å². The molecule has 2 aromatic heterocycles. The van der Waals surface area contributed by atoms with Crippen LogP contribution in [-0.4, -0.2) is 27.0 Å². The molecule has 1 atom stereocenters. The van der Waals surface area contributed by atoms with E-state index in [0.29, 0.717) is 42.3 Å². The van der Waals surface area contributed by atoms with Crippen LogP contribution in [0.15, 0.2) is 6.20 Å². The van der Waals surface area contributed by atoms with Gasteiger partial charge in [0.15, 0.2) is 5.69 Å². The molecule has 1 aliphatic rings. The summed E-state index contributed by atoms with van der Waals surface area (Å²) in [4.78, 5) is 20.7.